The molecule has 0 aliphatic carbocycles. The van der Waals surface area contributed by atoms with Crippen molar-refractivity contribution in [1.29, 1.82) is 0 Å². The molecule has 0 saturated heterocycles. The molecule has 1 amide bonds. The summed E-state index contributed by atoms with van der Waals surface area (Å²) in [6.07, 6.45) is 0.913. The number of ketones is 1. The standard InChI is InChI=1S/C12H15NO3/c1-2-10(14)6-9-4-3-5-11(7-9)16-8-12(13)15/h3-5,7H,2,6,8H2,1H3,(H2,13,15). The lowest BCUT2D eigenvalue weighted by atomic mass is 10.1. The monoisotopic (exact) mass is 221 g/mol. The van der Waals surface area contributed by atoms with Crippen LogP contribution in [0.15, 0.2) is 24.3 Å². The zero-order valence-electron chi connectivity index (χ0n) is 9.23. The lowest BCUT2D eigenvalue weighted by molar-refractivity contribution is -0.120. The molecular formula is C12H15NO3. The number of Topliss-reactive ketones (excluding diaryl/α,β-unsaturated/α-hetero) is 1. The molecule has 86 valence electrons. The third-order valence-electron chi connectivity index (χ3n) is 2.08. The Morgan fingerprint density at radius 1 is 1.38 bits per heavy atom. The molecule has 4 heteroatoms. The van der Waals surface area contributed by atoms with E-state index < -0.39 is 5.91 Å². The van der Waals surface area contributed by atoms with Crippen LogP contribution in [-0.2, 0) is 16.0 Å². The summed E-state index contributed by atoms with van der Waals surface area (Å²) in [6.45, 7) is 1.68. The van der Waals surface area contributed by atoms with Crippen molar-refractivity contribution in [2.24, 2.45) is 5.73 Å². The summed E-state index contributed by atoms with van der Waals surface area (Å²) in [5, 5.41) is 0. The quantitative estimate of drug-likeness (QED) is 0.781. The second-order valence-corrected chi connectivity index (χ2v) is 3.47. The molecule has 0 unspecified atom stereocenters. The zero-order chi connectivity index (χ0) is 12.0. The third-order valence-corrected chi connectivity index (χ3v) is 2.08. The summed E-state index contributed by atoms with van der Waals surface area (Å²) < 4.78 is 5.14. The highest BCUT2D eigenvalue weighted by atomic mass is 16.5. The molecule has 0 atom stereocenters. The summed E-state index contributed by atoms with van der Waals surface area (Å²) in [4.78, 5) is 21.8. The number of hydrogen-bond donors (Lipinski definition) is 1. The predicted molar refractivity (Wildman–Crippen MR) is 60.1 cm³/mol. The first-order chi connectivity index (χ1) is 7.61. The van der Waals surface area contributed by atoms with E-state index in [-0.39, 0.29) is 12.4 Å². The van der Waals surface area contributed by atoms with Crippen molar-refractivity contribution >= 4 is 11.7 Å². The molecule has 0 saturated carbocycles. The molecule has 0 fully saturated rings. The zero-order valence-corrected chi connectivity index (χ0v) is 9.23. The summed E-state index contributed by atoms with van der Waals surface area (Å²) >= 11 is 0. The number of carbonyl (C=O) groups is 2. The Balaban J connectivity index is 2.63. The van der Waals surface area contributed by atoms with Crippen LogP contribution < -0.4 is 10.5 Å². The lowest BCUT2D eigenvalue weighted by Gasteiger charge is -2.05. The van der Waals surface area contributed by atoms with Crippen LogP contribution in [0, 0.1) is 0 Å². The summed E-state index contributed by atoms with van der Waals surface area (Å²) in [6, 6.07) is 7.11. The Bertz CT molecular complexity index is 388. The summed E-state index contributed by atoms with van der Waals surface area (Å²) in [5.74, 6) is 0.210. The first-order valence-corrected chi connectivity index (χ1v) is 5.13. The number of ether oxygens (including phenoxy) is 1. The van der Waals surface area contributed by atoms with E-state index in [0.717, 1.165) is 5.56 Å². The molecule has 0 aromatic heterocycles. The maximum Gasteiger partial charge on any atom is 0.255 e. The van der Waals surface area contributed by atoms with Crippen molar-refractivity contribution in [3.8, 4) is 5.75 Å². The molecule has 0 spiro atoms. The molecule has 1 aromatic rings. The molecule has 0 radical (unpaired) electrons. The highest BCUT2D eigenvalue weighted by Crippen LogP contribution is 2.14. The summed E-state index contributed by atoms with van der Waals surface area (Å²) in [5.41, 5.74) is 5.85. The summed E-state index contributed by atoms with van der Waals surface area (Å²) in [7, 11) is 0. The van der Waals surface area contributed by atoms with Crippen molar-refractivity contribution in [3.05, 3.63) is 29.8 Å². The van der Waals surface area contributed by atoms with Gasteiger partial charge in [-0.05, 0) is 17.7 Å². The van der Waals surface area contributed by atoms with Gasteiger partial charge in [-0.2, -0.15) is 0 Å². The van der Waals surface area contributed by atoms with Gasteiger partial charge in [-0.3, -0.25) is 9.59 Å². The van der Waals surface area contributed by atoms with Gasteiger partial charge in [0, 0.05) is 12.8 Å². The second kappa shape index (κ2) is 5.90. The molecule has 4 nitrogen and oxygen atoms in total. The van der Waals surface area contributed by atoms with Crippen LogP contribution in [0.2, 0.25) is 0 Å². The fourth-order valence-electron chi connectivity index (χ4n) is 1.25. The van der Waals surface area contributed by atoms with E-state index in [1.807, 2.05) is 13.0 Å². The Kier molecular flexibility index (Phi) is 4.51. The number of amides is 1. The first-order valence-electron chi connectivity index (χ1n) is 5.13. The first kappa shape index (κ1) is 12.2. The Hall–Kier alpha value is -1.84. The molecule has 0 heterocycles. The van der Waals surface area contributed by atoms with Gasteiger partial charge >= 0.3 is 0 Å². The largest absolute Gasteiger partial charge is 0.484 e. The van der Waals surface area contributed by atoms with Gasteiger partial charge in [0.25, 0.3) is 5.91 Å². The van der Waals surface area contributed by atoms with Gasteiger partial charge in [-0.15, -0.1) is 0 Å². The van der Waals surface area contributed by atoms with Crippen molar-refractivity contribution < 1.29 is 14.3 Å². The van der Waals surface area contributed by atoms with Crippen molar-refractivity contribution in [2.75, 3.05) is 6.61 Å². The minimum absolute atomic E-state index is 0.148. The van der Waals surface area contributed by atoms with E-state index >= 15 is 0 Å². The number of carbonyl (C=O) groups excluding carboxylic acids is 2. The van der Waals surface area contributed by atoms with Gasteiger partial charge in [0.15, 0.2) is 6.61 Å². The molecular weight excluding hydrogens is 206 g/mol. The second-order valence-electron chi connectivity index (χ2n) is 3.47. The van der Waals surface area contributed by atoms with Crippen LogP contribution in [0.3, 0.4) is 0 Å². The van der Waals surface area contributed by atoms with E-state index in [0.29, 0.717) is 18.6 Å². The lowest BCUT2D eigenvalue weighted by Crippen LogP contribution is -2.20. The fourth-order valence-corrected chi connectivity index (χ4v) is 1.25. The Labute approximate surface area is 94.4 Å². The molecule has 0 aliphatic heterocycles. The average Bonchev–Trinajstić information content (AvgIpc) is 2.26. The minimum atomic E-state index is -0.518. The molecule has 1 rings (SSSR count). The molecule has 1 aromatic carbocycles. The molecule has 0 aliphatic rings. The number of rotatable bonds is 6. The van der Waals surface area contributed by atoms with Gasteiger partial charge in [-0.1, -0.05) is 19.1 Å². The van der Waals surface area contributed by atoms with Gasteiger partial charge in [0.05, 0.1) is 0 Å². The number of benzene rings is 1. The van der Waals surface area contributed by atoms with Crippen LogP contribution in [-0.4, -0.2) is 18.3 Å². The van der Waals surface area contributed by atoms with Crippen LogP contribution >= 0.6 is 0 Å². The predicted octanol–water partition coefficient (Wildman–Crippen LogP) is 1.07. The smallest absolute Gasteiger partial charge is 0.255 e. The normalized spacial score (nSPS) is 9.81. The maximum atomic E-state index is 11.2. The maximum absolute atomic E-state index is 11.2. The van der Waals surface area contributed by atoms with E-state index in [1.165, 1.54) is 0 Å². The van der Waals surface area contributed by atoms with E-state index in [2.05, 4.69) is 0 Å². The Morgan fingerprint density at radius 3 is 2.75 bits per heavy atom. The van der Waals surface area contributed by atoms with Gasteiger partial charge in [-0.25, -0.2) is 0 Å². The van der Waals surface area contributed by atoms with Crippen molar-refractivity contribution in [1.82, 2.24) is 0 Å². The van der Waals surface area contributed by atoms with Crippen LogP contribution in [0.1, 0.15) is 18.9 Å². The molecule has 16 heavy (non-hydrogen) atoms. The molecule has 2 N–H and O–H groups in total. The highest BCUT2D eigenvalue weighted by molar-refractivity contribution is 5.80. The topological polar surface area (TPSA) is 69.4 Å². The third kappa shape index (κ3) is 4.13. The van der Waals surface area contributed by atoms with Gasteiger partial charge < -0.3 is 10.5 Å². The van der Waals surface area contributed by atoms with Crippen LogP contribution in [0.25, 0.3) is 0 Å². The number of hydrogen-bond acceptors (Lipinski definition) is 3. The Morgan fingerprint density at radius 2 is 2.12 bits per heavy atom. The van der Waals surface area contributed by atoms with E-state index in [9.17, 15) is 9.59 Å². The average molecular weight is 221 g/mol. The van der Waals surface area contributed by atoms with Gasteiger partial charge in [0.2, 0.25) is 0 Å². The molecule has 0 bridgehead atoms. The fraction of sp³-hybridized carbons (Fsp3) is 0.333. The van der Waals surface area contributed by atoms with E-state index in [1.54, 1.807) is 18.2 Å². The van der Waals surface area contributed by atoms with E-state index in [4.69, 9.17) is 10.5 Å². The van der Waals surface area contributed by atoms with Crippen molar-refractivity contribution in [3.63, 3.8) is 0 Å². The number of nitrogens with two attached hydrogens (primary N) is 1. The van der Waals surface area contributed by atoms with Crippen LogP contribution in [0.5, 0.6) is 5.75 Å². The van der Waals surface area contributed by atoms with Crippen molar-refractivity contribution in [2.45, 2.75) is 19.8 Å². The number of primary amides is 1. The van der Waals surface area contributed by atoms with Crippen LogP contribution in [0.4, 0.5) is 0 Å². The SMILES string of the molecule is CCC(=O)Cc1cccc(OCC(N)=O)c1. The highest BCUT2D eigenvalue weighted by Gasteiger charge is 2.03. The van der Waals surface area contributed by atoms with Gasteiger partial charge in [0.1, 0.15) is 11.5 Å². The minimum Gasteiger partial charge on any atom is -0.484 e.